The minimum atomic E-state index is -4.07. The van der Waals surface area contributed by atoms with Crippen LogP contribution in [0, 0.1) is 0 Å². The van der Waals surface area contributed by atoms with Crippen LogP contribution in [0.1, 0.15) is 5.69 Å². The van der Waals surface area contributed by atoms with Gasteiger partial charge in [0.25, 0.3) is 10.0 Å². The monoisotopic (exact) mass is 504 g/mol. The molecule has 1 aliphatic heterocycles. The van der Waals surface area contributed by atoms with E-state index in [2.05, 4.69) is 9.97 Å². The number of carboxylic acids is 1. The zero-order valence-corrected chi connectivity index (χ0v) is 19.3. The van der Waals surface area contributed by atoms with Gasteiger partial charge in [-0.2, -0.15) is 4.31 Å². The molecule has 1 fully saturated rings. The molecule has 170 valence electrons. The highest BCUT2D eigenvalue weighted by Gasteiger charge is 2.42. The van der Waals surface area contributed by atoms with Gasteiger partial charge in [-0.25, -0.2) is 13.2 Å². The van der Waals surface area contributed by atoms with Gasteiger partial charge < -0.3 is 15.0 Å². The van der Waals surface area contributed by atoms with Crippen LogP contribution in [0.2, 0.25) is 5.02 Å². The topological polar surface area (TPSA) is 124 Å². The molecule has 9 nitrogen and oxygen atoms in total. The maximum absolute atomic E-state index is 13.3. The first-order chi connectivity index (χ1) is 15.7. The number of piperazine rings is 1. The molecule has 0 bridgehead atoms. The van der Waals surface area contributed by atoms with Crippen LogP contribution < -0.4 is 0 Å². The number of carbonyl (C=O) groups is 2. The van der Waals surface area contributed by atoms with Crippen molar-refractivity contribution < 1.29 is 23.1 Å². The predicted octanol–water partition coefficient (Wildman–Crippen LogP) is 2.92. The average molecular weight is 505 g/mol. The Balaban J connectivity index is 1.43. The van der Waals surface area contributed by atoms with Crippen molar-refractivity contribution >= 4 is 65.8 Å². The highest BCUT2D eigenvalue weighted by molar-refractivity contribution is 7.91. The number of amides is 1. The highest BCUT2D eigenvalue weighted by Crippen LogP contribution is 2.33. The van der Waals surface area contributed by atoms with Crippen molar-refractivity contribution in [2.24, 2.45) is 0 Å². The number of benzene rings is 1. The second kappa shape index (κ2) is 8.10. The number of thiophene rings is 1. The first-order valence-corrected chi connectivity index (χ1v) is 12.5. The van der Waals surface area contributed by atoms with Crippen LogP contribution in [0.3, 0.4) is 0 Å². The fourth-order valence-corrected chi connectivity index (χ4v) is 7.13. The predicted molar refractivity (Wildman–Crippen MR) is 124 cm³/mol. The Morgan fingerprint density at radius 1 is 1.24 bits per heavy atom. The number of H-pyrrole nitrogens is 1. The summed E-state index contributed by atoms with van der Waals surface area (Å²) in [6.07, 6.45) is 3.29. The smallest absolute Gasteiger partial charge is 0.327 e. The number of aromatic nitrogens is 2. The average Bonchev–Trinajstić information content (AvgIpc) is 3.38. The summed E-state index contributed by atoms with van der Waals surface area (Å²) in [7, 11) is -4.07. The Hall–Kier alpha value is -2.99. The molecule has 33 heavy (non-hydrogen) atoms. The molecule has 5 rings (SSSR count). The zero-order valence-electron chi connectivity index (χ0n) is 16.9. The molecule has 1 aliphatic rings. The Morgan fingerprint density at radius 2 is 2.06 bits per heavy atom. The summed E-state index contributed by atoms with van der Waals surface area (Å²) < 4.78 is 28.2. The largest absolute Gasteiger partial charge is 0.480 e. The lowest BCUT2D eigenvalue weighted by Gasteiger charge is -2.37. The fraction of sp³-hybridized carbons (Fsp3) is 0.190. The molecule has 0 radical (unpaired) electrons. The second-order valence-corrected chi connectivity index (χ2v) is 11.4. The Labute approximate surface area is 197 Å². The molecule has 1 unspecified atom stereocenters. The summed E-state index contributed by atoms with van der Waals surface area (Å²) in [5.41, 5.74) is 1.45. The third kappa shape index (κ3) is 3.97. The minimum absolute atomic E-state index is 0.0136. The van der Waals surface area contributed by atoms with Crippen molar-refractivity contribution in [3.63, 3.8) is 0 Å². The summed E-state index contributed by atoms with van der Waals surface area (Å²) in [4.78, 5) is 33.3. The number of nitrogens with one attached hydrogen (secondary N) is 1. The van der Waals surface area contributed by atoms with Gasteiger partial charge in [-0.15, -0.1) is 11.3 Å². The molecule has 1 atom stereocenters. The van der Waals surface area contributed by atoms with E-state index in [1.165, 1.54) is 11.0 Å². The van der Waals surface area contributed by atoms with Crippen molar-refractivity contribution in [3.05, 3.63) is 59.5 Å². The fourth-order valence-electron chi connectivity index (χ4n) is 3.90. The van der Waals surface area contributed by atoms with E-state index in [4.69, 9.17) is 11.6 Å². The first kappa shape index (κ1) is 21.8. The van der Waals surface area contributed by atoms with E-state index in [9.17, 15) is 23.1 Å². The summed E-state index contributed by atoms with van der Waals surface area (Å²) in [5, 5.41) is 11.8. The number of aliphatic carboxylic acids is 1. The van der Waals surface area contributed by atoms with Gasteiger partial charge in [-0.3, -0.25) is 9.78 Å². The first-order valence-electron chi connectivity index (χ1n) is 9.85. The van der Waals surface area contributed by atoms with E-state index in [0.29, 0.717) is 20.8 Å². The zero-order chi connectivity index (χ0) is 23.3. The molecule has 4 aromatic rings. The summed E-state index contributed by atoms with van der Waals surface area (Å²) in [6, 6.07) is 8.80. The van der Waals surface area contributed by atoms with E-state index in [-0.39, 0.29) is 17.3 Å². The number of carbonyl (C=O) groups excluding carboxylic acids is 1. The molecule has 4 heterocycles. The molecular weight excluding hydrogens is 488 g/mol. The number of pyridine rings is 1. The molecule has 1 saturated heterocycles. The number of nitrogens with zero attached hydrogens (tertiary/aromatic N) is 3. The second-order valence-electron chi connectivity index (χ2n) is 7.68. The van der Waals surface area contributed by atoms with Gasteiger partial charge in [0.05, 0.1) is 13.1 Å². The van der Waals surface area contributed by atoms with Gasteiger partial charge in [-0.1, -0.05) is 17.7 Å². The summed E-state index contributed by atoms with van der Waals surface area (Å²) in [6.45, 7) is -0.775. The third-order valence-corrected chi connectivity index (χ3v) is 9.13. The summed E-state index contributed by atoms with van der Waals surface area (Å²) in [5.74, 6) is -1.86. The van der Waals surface area contributed by atoms with Crippen molar-refractivity contribution in [2.75, 3.05) is 13.1 Å². The van der Waals surface area contributed by atoms with Crippen molar-refractivity contribution in [1.82, 2.24) is 19.2 Å². The normalized spacial score (nSPS) is 17.8. The van der Waals surface area contributed by atoms with E-state index in [1.807, 2.05) is 0 Å². The number of hydrogen-bond donors (Lipinski definition) is 2. The van der Waals surface area contributed by atoms with Crippen LogP contribution in [-0.2, 0) is 26.2 Å². The minimum Gasteiger partial charge on any atom is -0.480 e. The quantitative estimate of drug-likeness (QED) is 0.430. The lowest BCUT2D eigenvalue weighted by molar-refractivity contribution is -0.154. The van der Waals surface area contributed by atoms with E-state index in [0.717, 1.165) is 26.5 Å². The van der Waals surface area contributed by atoms with E-state index >= 15 is 0 Å². The maximum atomic E-state index is 13.3. The van der Waals surface area contributed by atoms with Gasteiger partial charge >= 0.3 is 5.97 Å². The van der Waals surface area contributed by atoms with Crippen LogP contribution >= 0.6 is 22.9 Å². The lowest BCUT2D eigenvalue weighted by Crippen LogP contribution is -2.59. The number of halogens is 1. The molecule has 12 heteroatoms. The van der Waals surface area contributed by atoms with Gasteiger partial charge in [0.1, 0.15) is 10.3 Å². The Bertz CT molecular complexity index is 1480. The maximum Gasteiger partial charge on any atom is 0.327 e. The van der Waals surface area contributed by atoms with E-state index in [1.54, 1.807) is 42.7 Å². The third-order valence-electron chi connectivity index (χ3n) is 5.54. The van der Waals surface area contributed by atoms with Crippen molar-refractivity contribution in [1.29, 1.82) is 0 Å². The molecule has 3 aromatic heterocycles. The van der Waals surface area contributed by atoms with Gasteiger partial charge in [0.2, 0.25) is 5.91 Å². The van der Waals surface area contributed by atoms with Crippen LogP contribution in [0.4, 0.5) is 0 Å². The van der Waals surface area contributed by atoms with E-state index < -0.39 is 34.5 Å². The standard InChI is InChI=1S/C21H17ClN4O5S2/c22-14-2-1-12-6-20(32-18(12)7-14)33(30,31)25-10-17(21(28)29)26(19(27)11-25)9-15-5-13-8-23-4-3-16(13)24-15/h1-8,17,24H,9-11H2,(H,28,29). The van der Waals surface area contributed by atoms with Crippen LogP contribution in [-0.4, -0.2) is 63.7 Å². The molecule has 2 N–H and O–H groups in total. The number of aromatic amines is 1. The lowest BCUT2D eigenvalue weighted by atomic mass is 10.1. The van der Waals surface area contributed by atoms with Crippen molar-refractivity contribution in [2.45, 2.75) is 16.8 Å². The van der Waals surface area contributed by atoms with Gasteiger partial charge in [0.15, 0.2) is 0 Å². The SMILES string of the molecule is O=C(O)C1CN(S(=O)(=O)c2cc3ccc(Cl)cc3s2)CC(=O)N1Cc1cc2cnccc2[nH]1. The summed E-state index contributed by atoms with van der Waals surface area (Å²) >= 11 is 7.03. The molecular formula is C21H17ClN4O5S2. The molecule has 1 amide bonds. The van der Waals surface area contributed by atoms with Crippen LogP contribution in [0.5, 0.6) is 0 Å². The van der Waals surface area contributed by atoms with Crippen LogP contribution in [0.25, 0.3) is 21.0 Å². The molecule has 0 saturated carbocycles. The number of sulfonamides is 1. The Morgan fingerprint density at radius 3 is 2.82 bits per heavy atom. The number of rotatable bonds is 5. The van der Waals surface area contributed by atoms with Crippen LogP contribution in [0.15, 0.2) is 53.0 Å². The highest BCUT2D eigenvalue weighted by atomic mass is 35.5. The number of fused-ring (bicyclic) bond motifs is 2. The van der Waals surface area contributed by atoms with Gasteiger partial charge in [-0.05, 0) is 35.7 Å². The molecule has 0 spiro atoms. The number of hydrogen-bond acceptors (Lipinski definition) is 6. The van der Waals surface area contributed by atoms with Gasteiger partial charge in [0, 0.05) is 45.3 Å². The van der Waals surface area contributed by atoms with Crippen molar-refractivity contribution in [3.8, 4) is 0 Å². The molecule has 0 aliphatic carbocycles. The Kier molecular flexibility index (Phi) is 5.36. The number of carboxylic acid groups (broad SMARTS) is 1. The molecule has 1 aromatic carbocycles.